The van der Waals surface area contributed by atoms with Crippen molar-refractivity contribution in [1.82, 2.24) is 20.3 Å². The van der Waals surface area contributed by atoms with Gasteiger partial charge in [0.25, 0.3) is 0 Å². The van der Waals surface area contributed by atoms with Crippen molar-refractivity contribution >= 4 is 0 Å². The fourth-order valence-electron chi connectivity index (χ4n) is 1.76. The fraction of sp³-hybridized carbons (Fsp3) is 0.429. The summed E-state index contributed by atoms with van der Waals surface area (Å²) in [6, 6.07) is 3.22. The van der Waals surface area contributed by atoms with Crippen LogP contribution in [0.15, 0.2) is 24.4 Å². The summed E-state index contributed by atoms with van der Waals surface area (Å²) in [5, 5.41) is 11.2. The zero-order chi connectivity index (χ0) is 15.1. The Hall–Kier alpha value is -2.02. The monoisotopic (exact) mass is 296 g/mol. The number of benzene rings is 1. The highest BCUT2D eigenvalue weighted by Gasteiger charge is 2.05. The molecule has 0 amide bonds. The van der Waals surface area contributed by atoms with E-state index >= 15 is 0 Å². The maximum absolute atomic E-state index is 13.3. The van der Waals surface area contributed by atoms with Crippen LogP contribution in [0, 0.1) is 11.6 Å². The Kier molecular flexibility index (Phi) is 5.62. The van der Waals surface area contributed by atoms with Gasteiger partial charge in [-0.1, -0.05) is 12.1 Å². The third kappa shape index (κ3) is 4.78. The van der Waals surface area contributed by atoms with Crippen LogP contribution in [0.25, 0.3) is 0 Å². The van der Waals surface area contributed by atoms with E-state index < -0.39 is 11.6 Å². The third-order valence-corrected chi connectivity index (χ3v) is 2.79. The highest BCUT2D eigenvalue weighted by atomic mass is 19.1. The van der Waals surface area contributed by atoms with Gasteiger partial charge in [-0.05, 0) is 25.1 Å². The third-order valence-electron chi connectivity index (χ3n) is 2.79. The smallest absolute Gasteiger partial charge is 0.167 e. The van der Waals surface area contributed by atoms with Crippen LogP contribution in [0.4, 0.5) is 8.78 Å². The van der Waals surface area contributed by atoms with Gasteiger partial charge in [0.2, 0.25) is 0 Å². The van der Waals surface area contributed by atoms with Gasteiger partial charge in [0.1, 0.15) is 12.4 Å². The Labute approximate surface area is 121 Å². The number of hydrogen-bond donors (Lipinski definition) is 1. The maximum atomic E-state index is 13.3. The minimum Gasteiger partial charge on any atom is -0.489 e. The Morgan fingerprint density at radius 1 is 1.33 bits per heavy atom. The van der Waals surface area contributed by atoms with E-state index in [0.29, 0.717) is 13.1 Å². The highest BCUT2D eigenvalue weighted by molar-refractivity contribution is 5.24. The van der Waals surface area contributed by atoms with E-state index in [1.165, 1.54) is 6.07 Å². The van der Waals surface area contributed by atoms with Gasteiger partial charge in [0.15, 0.2) is 11.6 Å². The zero-order valence-corrected chi connectivity index (χ0v) is 11.9. The van der Waals surface area contributed by atoms with Crippen molar-refractivity contribution in [2.24, 2.45) is 0 Å². The van der Waals surface area contributed by atoms with Gasteiger partial charge >= 0.3 is 0 Å². The lowest BCUT2D eigenvalue weighted by Crippen LogP contribution is -2.14. The molecular formula is C14H18F2N4O. The van der Waals surface area contributed by atoms with Crippen molar-refractivity contribution in [2.75, 3.05) is 13.2 Å². The number of nitrogens with one attached hydrogen (secondary N) is 1. The second-order valence-electron chi connectivity index (χ2n) is 4.57. The first-order valence-electron chi connectivity index (χ1n) is 6.86. The van der Waals surface area contributed by atoms with Crippen LogP contribution in [-0.2, 0) is 13.1 Å². The molecule has 0 bridgehead atoms. The molecule has 0 atom stereocenters. The van der Waals surface area contributed by atoms with E-state index in [-0.39, 0.29) is 12.4 Å². The molecule has 0 fully saturated rings. The summed E-state index contributed by atoms with van der Waals surface area (Å²) in [7, 11) is 0. The molecule has 21 heavy (non-hydrogen) atoms. The molecule has 0 saturated carbocycles. The minimum absolute atomic E-state index is 0.0290. The van der Waals surface area contributed by atoms with Gasteiger partial charge in [-0.3, -0.25) is 0 Å². The second kappa shape index (κ2) is 7.68. The van der Waals surface area contributed by atoms with E-state index in [0.717, 1.165) is 30.8 Å². The Bertz CT molecular complexity index is 574. The molecule has 1 N–H and O–H groups in total. The summed E-state index contributed by atoms with van der Waals surface area (Å²) in [6.07, 6.45) is 2.87. The zero-order valence-electron chi connectivity index (χ0n) is 11.9. The first kappa shape index (κ1) is 15.4. The molecule has 0 radical (unpaired) electrons. The molecule has 5 nitrogen and oxygen atoms in total. The predicted molar refractivity (Wildman–Crippen MR) is 73.9 cm³/mol. The molecular weight excluding hydrogens is 278 g/mol. The average molecular weight is 296 g/mol. The van der Waals surface area contributed by atoms with Crippen LogP contribution in [0.3, 0.4) is 0 Å². The molecule has 0 aliphatic carbocycles. The molecule has 1 heterocycles. The molecule has 0 unspecified atom stereocenters. The standard InChI is InChI=1S/C14H18F2N4O/c1-2-5-17-9-12-10-20(19-18-12)6-7-21-14-4-3-11(15)8-13(14)16/h3-4,8,10,17H,2,5-7,9H2,1H3. The lowest BCUT2D eigenvalue weighted by atomic mass is 10.3. The first-order valence-corrected chi connectivity index (χ1v) is 6.86. The Morgan fingerprint density at radius 2 is 2.19 bits per heavy atom. The molecule has 114 valence electrons. The molecule has 1 aromatic heterocycles. The SMILES string of the molecule is CCCNCc1cn(CCOc2ccc(F)cc2F)nn1. The van der Waals surface area contributed by atoms with Gasteiger partial charge in [0, 0.05) is 18.8 Å². The van der Waals surface area contributed by atoms with E-state index in [4.69, 9.17) is 4.74 Å². The van der Waals surface area contributed by atoms with E-state index in [2.05, 4.69) is 22.6 Å². The topological polar surface area (TPSA) is 52.0 Å². The van der Waals surface area contributed by atoms with Crippen molar-refractivity contribution in [3.63, 3.8) is 0 Å². The normalized spacial score (nSPS) is 10.8. The van der Waals surface area contributed by atoms with Crippen molar-refractivity contribution in [2.45, 2.75) is 26.4 Å². The van der Waals surface area contributed by atoms with Crippen molar-refractivity contribution in [1.29, 1.82) is 0 Å². The van der Waals surface area contributed by atoms with E-state index in [1.807, 2.05) is 6.20 Å². The number of halogens is 2. The van der Waals surface area contributed by atoms with E-state index in [1.54, 1.807) is 4.68 Å². The summed E-state index contributed by atoms with van der Waals surface area (Å²) in [6.45, 7) is 4.36. The Morgan fingerprint density at radius 3 is 2.95 bits per heavy atom. The van der Waals surface area contributed by atoms with Crippen molar-refractivity contribution in [3.8, 4) is 5.75 Å². The van der Waals surface area contributed by atoms with Crippen LogP contribution in [-0.4, -0.2) is 28.1 Å². The molecule has 0 aliphatic heterocycles. The van der Waals surface area contributed by atoms with Crippen LogP contribution < -0.4 is 10.1 Å². The Balaban J connectivity index is 1.78. The molecule has 2 rings (SSSR count). The predicted octanol–water partition coefficient (Wildman–Crippen LogP) is 2.13. The lowest BCUT2D eigenvalue weighted by Gasteiger charge is -2.06. The minimum atomic E-state index is -0.710. The average Bonchev–Trinajstić information content (AvgIpc) is 2.89. The second-order valence-corrected chi connectivity index (χ2v) is 4.57. The van der Waals surface area contributed by atoms with Gasteiger partial charge < -0.3 is 10.1 Å². The largest absolute Gasteiger partial charge is 0.489 e. The summed E-state index contributed by atoms with van der Waals surface area (Å²) >= 11 is 0. The van der Waals surface area contributed by atoms with Crippen molar-refractivity contribution in [3.05, 3.63) is 41.7 Å². The summed E-state index contributed by atoms with van der Waals surface area (Å²) in [5.74, 6) is -1.31. The maximum Gasteiger partial charge on any atom is 0.167 e. The van der Waals surface area contributed by atoms with Crippen LogP contribution in [0.2, 0.25) is 0 Å². The van der Waals surface area contributed by atoms with Gasteiger partial charge in [0.05, 0.1) is 12.2 Å². The number of nitrogens with zero attached hydrogens (tertiary/aromatic N) is 3. The summed E-state index contributed by atoms with van der Waals surface area (Å²) < 4.78 is 33.0. The van der Waals surface area contributed by atoms with Gasteiger partial charge in [-0.15, -0.1) is 5.10 Å². The number of rotatable bonds is 8. The molecule has 0 saturated heterocycles. The van der Waals surface area contributed by atoms with Crippen LogP contribution >= 0.6 is 0 Å². The highest BCUT2D eigenvalue weighted by Crippen LogP contribution is 2.17. The van der Waals surface area contributed by atoms with Crippen LogP contribution in [0.5, 0.6) is 5.75 Å². The summed E-state index contributed by atoms with van der Waals surface area (Å²) in [4.78, 5) is 0. The van der Waals surface area contributed by atoms with E-state index in [9.17, 15) is 8.78 Å². The molecule has 2 aromatic rings. The first-order chi connectivity index (χ1) is 10.2. The molecule has 1 aromatic carbocycles. The number of ether oxygens (including phenoxy) is 1. The van der Waals surface area contributed by atoms with Crippen molar-refractivity contribution < 1.29 is 13.5 Å². The molecule has 0 aliphatic rings. The summed E-state index contributed by atoms with van der Waals surface area (Å²) in [5.41, 5.74) is 0.844. The molecule has 7 heteroatoms. The number of aromatic nitrogens is 3. The lowest BCUT2D eigenvalue weighted by molar-refractivity contribution is 0.276. The molecule has 0 spiro atoms. The number of hydrogen-bond acceptors (Lipinski definition) is 4. The fourth-order valence-corrected chi connectivity index (χ4v) is 1.76. The van der Waals surface area contributed by atoms with Gasteiger partial charge in [-0.2, -0.15) is 0 Å². The van der Waals surface area contributed by atoms with Gasteiger partial charge in [-0.25, -0.2) is 13.5 Å². The van der Waals surface area contributed by atoms with Crippen LogP contribution in [0.1, 0.15) is 19.0 Å². The quantitative estimate of drug-likeness (QED) is 0.758.